The van der Waals surface area contributed by atoms with Crippen molar-refractivity contribution in [1.29, 1.82) is 0 Å². The molecule has 1 fully saturated rings. The fraction of sp³-hybridized carbons (Fsp3) is 0.333. The molecule has 0 bridgehead atoms. The lowest BCUT2D eigenvalue weighted by atomic mass is 10.1. The summed E-state index contributed by atoms with van der Waals surface area (Å²) in [4.78, 5) is 21.7. The molecule has 1 saturated heterocycles. The fourth-order valence-corrected chi connectivity index (χ4v) is 4.28. The lowest BCUT2D eigenvalue weighted by molar-refractivity contribution is -0.0434. The number of imidazole rings is 1. The predicted molar refractivity (Wildman–Crippen MR) is 143 cm³/mol. The van der Waals surface area contributed by atoms with Gasteiger partial charge in [0.05, 0.1) is 19.0 Å². The van der Waals surface area contributed by atoms with E-state index in [0.717, 1.165) is 22.0 Å². The largest absolute Gasteiger partial charge is 0.394 e. The van der Waals surface area contributed by atoms with Crippen molar-refractivity contribution in [2.75, 3.05) is 39.7 Å². The smallest absolute Gasteiger partial charge is 0.190 e. The average Bonchev–Trinajstić information content (AvgIpc) is 3.45. The van der Waals surface area contributed by atoms with Crippen LogP contribution in [0.2, 0.25) is 0 Å². The molecule has 2 aromatic heterocycles. The maximum absolute atomic E-state index is 10.4. The lowest BCUT2D eigenvalue weighted by Gasteiger charge is -2.15. The van der Waals surface area contributed by atoms with Gasteiger partial charge in [-0.3, -0.25) is 4.57 Å². The number of fused-ring (bicyclic) bond motifs is 2. The maximum Gasteiger partial charge on any atom is 0.190 e. The van der Waals surface area contributed by atoms with Gasteiger partial charge < -0.3 is 24.7 Å². The molecule has 190 valence electrons. The molecule has 0 radical (unpaired) electrons. The van der Waals surface area contributed by atoms with Gasteiger partial charge in [-0.15, -0.1) is 0 Å². The van der Waals surface area contributed by atoms with Crippen molar-refractivity contribution in [2.24, 2.45) is 4.99 Å². The first-order chi connectivity index (χ1) is 17.8. The Balaban J connectivity index is 1.59. The molecule has 1 aliphatic heterocycles. The number of hydrogen-bond donors (Lipinski definition) is 2. The Morgan fingerprint density at radius 3 is 2.62 bits per heavy atom. The van der Waals surface area contributed by atoms with Crippen molar-refractivity contribution >= 4 is 39.8 Å². The highest BCUT2D eigenvalue weighted by molar-refractivity contribution is 5.87. The molecule has 2 aromatic carbocycles. The third kappa shape index (κ3) is 4.97. The Labute approximate surface area is 214 Å². The van der Waals surface area contributed by atoms with Crippen LogP contribution in [0.1, 0.15) is 24.0 Å². The monoisotopic (exact) mass is 499 g/mol. The topological polar surface area (TPSA) is 112 Å². The second-order valence-corrected chi connectivity index (χ2v) is 9.39. The SMILES string of the molecule is CN(C)/C=N/c1ncnc2c1nc(C#Cc1ccc3cc(N(C)C)ccc3c1)n2[C@H]1C[C@H](O)[C@@H](CO)O1. The average molecular weight is 500 g/mol. The molecule has 10 nitrogen and oxygen atoms in total. The third-order valence-electron chi connectivity index (χ3n) is 6.20. The van der Waals surface area contributed by atoms with Gasteiger partial charge >= 0.3 is 0 Å². The van der Waals surface area contributed by atoms with Gasteiger partial charge in [0, 0.05) is 45.9 Å². The molecule has 5 rings (SSSR count). The Kier molecular flexibility index (Phi) is 6.76. The van der Waals surface area contributed by atoms with Crippen LogP contribution in [0.25, 0.3) is 21.9 Å². The highest BCUT2D eigenvalue weighted by Crippen LogP contribution is 2.33. The first-order valence-electron chi connectivity index (χ1n) is 11.9. The van der Waals surface area contributed by atoms with Gasteiger partial charge in [0.25, 0.3) is 0 Å². The summed E-state index contributed by atoms with van der Waals surface area (Å²) in [5.74, 6) is 7.20. The minimum absolute atomic E-state index is 0.274. The van der Waals surface area contributed by atoms with Crippen molar-refractivity contribution in [3.8, 4) is 11.8 Å². The minimum Gasteiger partial charge on any atom is -0.394 e. The van der Waals surface area contributed by atoms with Crippen molar-refractivity contribution in [3.05, 3.63) is 54.1 Å². The molecule has 37 heavy (non-hydrogen) atoms. The van der Waals surface area contributed by atoms with Crippen LogP contribution in [0.5, 0.6) is 0 Å². The van der Waals surface area contributed by atoms with Gasteiger partial charge in [-0.2, -0.15) is 0 Å². The first-order valence-corrected chi connectivity index (χ1v) is 11.9. The van der Waals surface area contributed by atoms with Crippen molar-refractivity contribution in [2.45, 2.75) is 24.9 Å². The van der Waals surface area contributed by atoms with E-state index < -0.39 is 18.4 Å². The normalized spacial score (nSPS) is 19.5. The summed E-state index contributed by atoms with van der Waals surface area (Å²) >= 11 is 0. The second kappa shape index (κ2) is 10.1. The molecule has 10 heteroatoms. The summed E-state index contributed by atoms with van der Waals surface area (Å²) in [5, 5.41) is 22.2. The number of rotatable bonds is 5. The van der Waals surface area contributed by atoms with E-state index in [1.165, 1.54) is 6.33 Å². The molecule has 0 saturated carbocycles. The van der Waals surface area contributed by atoms with Gasteiger partial charge in [-0.05, 0) is 41.0 Å². The van der Waals surface area contributed by atoms with Crippen LogP contribution in [-0.4, -0.2) is 88.0 Å². The summed E-state index contributed by atoms with van der Waals surface area (Å²) in [6, 6.07) is 12.4. The van der Waals surface area contributed by atoms with E-state index in [9.17, 15) is 10.2 Å². The van der Waals surface area contributed by atoms with Crippen molar-refractivity contribution in [3.63, 3.8) is 0 Å². The Bertz CT molecular complexity index is 1530. The van der Waals surface area contributed by atoms with Crippen LogP contribution in [0.15, 0.2) is 47.7 Å². The summed E-state index contributed by atoms with van der Waals surface area (Å²) in [6.45, 7) is -0.286. The van der Waals surface area contributed by atoms with E-state index in [1.807, 2.05) is 40.3 Å². The van der Waals surface area contributed by atoms with E-state index in [-0.39, 0.29) is 13.0 Å². The van der Waals surface area contributed by atoms with Crippen molar-refractivity contribution in [1.82, 2.24) is 24.4 Å². The van der Waals surface area contributed by atoms with E-state index in [4.69, 9.17) is 9.72 Å². The van der Waals surface area contributed by atoms with Gasteiger partial charge in [0.2, 0.25) is 0 Å². The molecule has 4 aromatic rings. The predicted octanol–water partition coefficient (Wildman–Crippen LogP) is 2.31. The highest BCUT2D eigenvalue weighted by atomic mass is 16.5. The molecule has 0 spiro atoms. The molecule has 0 unspecified atom stereocenters. The quantitative estimate of drug-likeness (QED) is 0.244. The van der Waals surface area contributed by atoms with E-state index in [2.05, 4.69) is 56.0 Å². The number of benzene rings is 2. The van der Waals surface area contributed by atoms with E-state index in [0.29, 0.717) is 22.8 Å². The summed E-state index contributed by atoms with van der Waals surface area (Å²) in [7, 11) is 7.77. The fourth-order valence-electron chi connectivity index (χ4n) is 4.28. The zero-order valence-corrected chi connectivity index (χ0v) is 21.2. The van der Waals surface area contributed by atoms with E-state index in [1.54, 1.807) is 15.8 Å². The van der Waals surface area contributed by atoms with Crippen molar-refractivity contribution < 1.29 is 14.9 Å². The molecule has 3 heterocycles. The van der Waals surface area contributed by atoms with E-state index >= 15 is 0 Å². The maximum atomic E-state index is 10.4. The van der Waals surface area contributed by atoms with Crippen LogP contribution in [0.3, 0.4) is 0 Å². The third-order valence-corrected chi connectivity index (χ3v) is 6.20. The van der Waals surface area contributed by atoms with Gasteiger partial charge in [0.1, 0.15) is 18.7 Å². The molecule has 3 atom stereocenters. The van der Waals surface area contributed by atoms with Gasteiger partial charge in [-0.25, -0.2) is 19.9 Å². The molecule has 0 amide bonds. The number of nitrogens with zero attached hydrogens (tertiary/aromatic N) is 7. The number of aromatic nitrogens is 4. The Morgan fingerprint density at radius 2 is 1.89 bits per heavy atom. The summed E-state index contributed by atoms with van der Waals surface area (Å²) in [6.07, 6.45) is 1.23. The van der Waals surface area contributed by atoms with Crippen LogP contribution in [-0.2, 0) is 4.74 Å². The van der Waals surface area contributed by atoms with Crippen LogP contribution < -0.4 is 4.90 Å². The molecular formula is C27H29N7O3. The highest BCUT2D eigenvalue weighted by Gasteiger charge is 2.36. The zero-order valence-electron chi connectivity index (χ0n) is 21.2. The number of aliphatic imine (C=N–C) groups is 1. The first kappa shape index (κ1) is 24.6. The molecule has 1 aliphatic rings. The van der Waals surface area contributed by atoms with Crippen LogP contribution >= 0.6 is 0 Å². The number of aliphatic hydroxyl groups is 2. The van der Waals surface area contributed by atoms with Gasteiger partial charge in [-0.1, -0.05) is 18.1 Å². The molecule has 0 aliphatic carbocycles. The standard InChI is InChI=1S/C27H29N7O3/c1-32(2)16-30-26-25-27(29-15-28-26)34(24-13-21(36)22(14-35)37-24)23(31-25)10-6-17-5-7-19-12-20(33(3)4)9-8-18(19)11-17/h5,7-9,11-12,15-16,21-22,24,35-36H,13-14H2,1-4H3/b30-16+/t21-,22+,24+/m0/s1. The number of aliphatic hydroxyl groups excluding tert-OH is 2. The van der Waals surface area contributed by atoms with Gasteiger partial charge in [0.15, 0.2) is 22.8 Å². The second-order valence-electron chi connectivity index (χ2n) is 9.39. The summed E-state index contributed by atoms with van der Waals surface area (Å²) < 4.78 is 7.69. The Morgan fingerprint density at radius 1 is 1.11 bits per heavy atom. The number of anilines is 1. The number of hydrogen-bond acceptors (Lipinski definition) is 8. The molecule has 2 N–H and O–H groups in total. The minimum atomic E-state index is -0.811. The van der Waals surface area contributed by atoms with Crippen LogP contribution in [0.4, 0.5) is 11.5 Å². The Hall–Kier alpha value is -4.04. The number of ether oxygens (including phenoxy) is 1. The summed E-state index contributed by atoms with van der Waals surface area (Å²) in [5.41, 5.74) is 2.94. The lowest BCUT2D eigenvalue weighted by Crippen LogP contribution is -2.24. The molecular weight excluding hydrogens is 470 g/mol. The zero-order chi connectivity index (χ0) is 26.1. The van der Waals surface area contributed by atoms with Crippen LogP contribution in [0, 0.1) is 11.8 Å².